The zero-order valence-electron chi connectivity index (χ0n) is 13.8. The quantitative estimate of drug-likeness (QED) is 0.866. The normalized spacial score (nSPS) is 23.8. The van der Waals surface area contributed by atoms with Gasteiger partial charge in [-0.15, -0.1) is 5.10 Å². The standard InChI is InChI=1S/C18H23N5O/c24-18(22-10-9-15-3-1-2-4-17(15)12-22)16-7-5-14(6-8-16)11-23-13-19-20-21-23/h1-4,13-14,16H,5-12H2. The first-order valence-electron chi connectivity index (χ1n) is 8.86. The van der Waals surface area contributed by atoms with Crippen molar-refractivity contribution in [1.82, 2.24) is 25.1 Å². The molecular weight excluding hydrogens is 302 g/mol. The summed E-state index contributed by atoms with van der Waals surface area (Å²) in [6, 6.07) is 8.48. The van der Waals surface area contributed by atoms with Crippen LogP contribution in [0.3, 0.4) is 0 Å². The molecule has 0 N–H and O–H groups in total. The number of carbonyl (C=O) groups excluding carboxylic acids is 1. The van der Waals surface area contributed by atoms with Gasteiger partial charge in [-0.2, -0.15) is 0 Å². The topological polar surface area (TPSA) is 63.9 Å². The summed E-state index contributed by atoms with van der Waals surface area (Å²) < 4.78 is 1.80. The van der Waals surface area contributed by atoms with Crippen molar-refractivity contribution in [3.63, 3.8) is 0 Å². The Labute approximate surface area is 141 Å². The monoisotopic (exact) mass is 325 g/mol. The molecule has 0 atom stereocenters. The minimum absolute atomic E-state index is 0.195. The highest BCUT2D eigenvalue weighted by Crippen LogP contribution is 2.32. The molecule has 0 spiro atoms. The van der Waals surface area contributed by atoms with Gasteiger partial charge in [0.1, 0.15) is 6.33 Å². The summed E-state index contributed by atoms with van der Waals surface area (Å²) in [4.78, 5) is 14.9. The third-order valence-electron chi connectivity index (χ3n) is 5.48. The maximum absolute atomic E-state index is 12.9. The number of rotatable bonds is 3. The van der Waals surface area contributed by atoms with Crippen LogP contribution in [0.4, 0.5) is 0 Å². The molecule has 24 heavy (non-hydrogen) atoms. The highest BCUT2D eigenvalue weighted by molar-refractivity contribution is 5.79. The molecule has 0 radical (unpaired) electrons. The van der Waals surface area contributed by atoms with Gasteiger partial charge in [0.15, 0.2) is 0 Å². The SMILES string of the molecule is O=C(C1CCC(Cn2cnnn2)CC1)N1CCc2ccccc2C1. The molecule has 1 amide bonds. The van der Waals surface area contributed by atoms with E-state index >= 15 is 0 Å². The summed E-state index contributed by atoms with van der Waals surface area (Å²) in [6.45, 7) is 2.50. The Kier molecular flexibility index (Phi) is 4.28. The van der Waals surface area contributed by atoms with Gasteiger partial charge in [0.25, 0.3) is 0 Å². The second kappa shape index (κ2) is 6.71. The highest BCUT2D eigenvalue weighted by atomic mass is 16.2. The fourth-order valence-electron chi connectivity index (χ4n) is 4.06. The minimum Gasteiger partial charge on any atom is -0.338 e. The fraction of sp³-hybridized carbons (Fsp3) is 0.556. The number of amides is 1. The van der Waals surface area contributed by atoms with Crippen molar-refractivity contribution >= 4 is 5.91 Å². The van der Waals surface area contributed by atoms with Gasteiger partial charge < -0.3 is 4.90 Å². The Morgan fingerprint density at radius 2 is 1.92 bits per heavy atom. The number of aromatic nitrogens is 4. The molecule has 0 saturated heterocycles. The maximum Gasteiger partial charge on any atom is 0.225 e. The first-order valence-corrected chi connectivity index (χ1v) is 8.86. The van der Waals surface area contributed by atoms with E-state index in [4.69, 9.17) is 0 Å². The predicted octanol–water partition coefficient (Wildman–Crippen LogP) is 2.06. The second-order valence-corrected chi connectivity index (χ2v) is 7.03. The van der Waals surface area contributed by atoms with E-state index in [1.807, 2.05) is 0 Å². The summed E-state index contributed by atoms with van der Waals surface area (Å²) in [6.07, 6.45) is 6.80. The average molecular weight is 325 g/mol. The summed E-state index contributed by atoms with van der Waals surface area (Å²) >= 11 is 0. The Bertz CT molecular complexity index is 691. The van der Waals surface area contributed by atoms with Crippen LogP contribution in [0.25, 0.3) is 0 Å². The van der Waals surface area contributed by atoms with Gasteiger partial charge in [-0.3, -0.25) is 4.79 Å². The van der Waals surface area contributed by atoms with Crippen LogP contribution >= 0.6 is 0 Å². The Hall–Kier alpha value is -2.24. The Morgan fingerprint density at radius 3 is 2.67 bits per heavy atom. The molecule has 1 saturated carbocycles. The lowest BCUT2D eigenvalue weighted by molar-refractivity contribution is -0.137. The van der Waals surface area contributed by atoms with Gasteiger partial charge >= 0.3 is 0 Å². The molecule has 2 aliphatic rings. The molecule has 2 heterocycles. The van der Waals surface area contributed by atoms with E-state index in [2.05, 4.69) is 44.7 Å². The van der Waals surface area contributed by atoms with Crippen molar-refractivity contribution in [2.45, 2.75) is 45.2 Å². The first kappa shape index (κ1) is 15.3. The molecule has 2 aromatic rings. The molecule has 4 rings (SSSR count). The zero-order chi connectivity index (χ0) is 16.4. The fourth-order valence-corrected chi connectivity index (χ4v) is 4.06. The largest absolute Gasteiger partial charge is 0.338 e. The number of hydrogen-bond donors (Lipinski definition) is 0. The summed E-state index contributed by atoms with van der Waals surface area (Å²) in [7, 11) is 0. The van der Waals surface area contributed by atoms with Crippen molar-refractivity contribution in [3.8, 4) is 0 Å². The smallest absolute Gasteiger partial charge is 0.225 e. The molecule has 1 aromatic carbocycles. The van der Waals surface area contributed by atoms with Crippen LogP contribution in [0.2, 0.25) is 0 Å². The van der Waals surface area contributed by atoms with Crippen LogP contribution in [-0.4, -0.2) is 37.6 Å². The molecule has 1 aliphatic carbocycles. The van der Waals surface area contributed by atoms with Crippen LogP contribution in [0.1, 0.15) is 36.8 Å². The molecular formula is C18H23N5O. The molecule has 0 unspecified atom stereocenters. The van der Waals surface area contributed by atoms with Crippen LogP contribution in [-0.2, 0) is 24.3 Å². The number of tetrazole rings is 1. The van der Waals surface area contributed by atoms with E-state index in [1.165, 1.54) is 11.1 Å². The van der Waals surface area contributed by atoms with Crippen molar-refractivity contribution in [2.24, 2.45) is 11.8 Å². The molecule has 1 aliphatic heterocycles. The van der Waals surface area contributed by atoms with Gasteiger partial charge in [-0.1, -0.05) is 24.3 Å². The third-order valence-corrected chi connectivity index (χ3v) is 5.48. The molecule has 126 valence electrons. The maximum atomic E-state index is 12.9. The number of nitrogens with zero attached hydrogens (tertiary/aromatic N) is 5. The van der Waals surface area contributed by atoms with Crippen molar-refractivity contribution in [1.29, 1.82) is 0 Å². The number of fused-ring (bicyclic) bond motifs is 1. The molecule has 6 nitrogen and oxygen atoms in total. The number of carbonyl (C=O) groups is 1. The summed E-state index contributed by atoms with van der Waals surface area (Å²) in [5.41, 5.74) is 2.70. The summed E-state index contributed by atoms with van der Waals surface area (Å²) in [5, 5.41) is 11.3. The van der Waals surface area contributed by atoms with Gasteiger partial charge in [0.2, 0.25) is 5.91 Å². The predicted molar refractivity (Wildman–Crippen MR) is 88.8 cm³/mol. The van der Waals surface area contributed by atoms with Gasteiger partial charge in [0.05, 0.1) is 0 Å². The van der Waals surface area contributed by atoms with Gasteiger partial charge in [0, 0.05) is 25.6 Å². The van der Waals surface area contributed by atoms with E-state index in [1.54, 1.807) is 11.0 Å². The van der Waals surface area contributed by atoms with E-state index in [-0.39, 0.29) is 5.92 Å². The van der Waals surface area contributed by atoms with Crippen LogP contribution in [0.15, 0.2) is 30.6 Å². The second-order valence-electron chi connectivity index (χ2n) is 7.03. The van der Waals surface area contributed by atoms with E-state index in [9.17, 15) is 4.79 Å². The van der Waals surface area contributed by atoms with Gasteiger partial charge in [-0.05, 0) is 59.6 Å². The zero-order valence-corrected chi connectivity index (χ0v) is 13.8. The Morgan fingerprint density at radius 1 is 1.12 bits per heavy atom. The lowest BCUT2D eigenvalue weighted by atomic mass is 9.81. The number of hydrogen-bond acceptors (Lipinski definition) is 4. The van der Waals surface area contributed by atoms with Crippen molar-refractivity contribution < 1.29 is 4.79 Å². The van der Waals surface area contributed by atoms with Gasteiger partial charge in [-0.25, -0.2) is 4.68 Å². The van der Waals surface area contributed by atoms with Crippen LogP contribution < -0.4 is 0 Å². The van der Waals surface area contributed by atoms with E-state index in [0.717, 1.165) is 51.7 Å². The van der Waals surface area contributed by atoms with E-state index in [0.29, 0.717) is 11.8 Å². The number of benzene rings is 1. The average Bonchev–Trinajstić information content (AvgIpc) is 3.14. The molecule has 0 bridgehead atoms. The lowest BCUT2D eigenvalue weighted by Crippen LogP contribution is -2.41. The highest BCUT2D eigenvalue weighted by Gasteiger charge is 2.31. The van der Waals surface area contributed by atoms with E-state index < -0.39 is 0 Å². The minimum atomic E-state index is 0.195. The first-order chi connectivity index (χ1) is 11.8. The summed E-state index contributed by atoms with van der Waals surface area (Å²) in [5.74, 6) is 1.13. The van der Waals surface area contributed by atoms with Crippen molar-refractivity contribution in [3.05, 3.63) is 41.7 Å². The van der Waals surface area contributed by atoms with Crippen LogP contribution in [0, 0.1) is 11.8 Å². The molecule has 1 fully saturated rings. The molecule has 6 heteroatoms. The Balaban J connectivity index is 1.32. The van der Waals surface area contributed by atoms with Crippen LogP contribution in [0.5, 0.6) is 0 Å². The third kappa shape index (κ3) is 3.18. The van der Waals surface area contributed by atoms with Crippen molar-refractivity contribution in [2.75, 3.05) is 6.54 Å². The molecule has 1 aromatic heterocycles. The lowest BCUT2D eigenvalue weighted by Gasteiger charge is -2.34.